The molecule has 0 saturated carbocycles. The van der Waals surface area contributed by atoms with Gasteiger partial charge < -0.3 is 13.9 Å². The highest BCUT2D eigenvalue weighted by molar-refractivity contribution is 9.10. The number of ether oxygens (including phenoxy) is 2. The molecule has 5 heteroatoms. The fraction of sp³-hybridized carbons (Fsp3) is 0.600. The van der Waals surface area contributed by atoms with E-state index in [2.05, 4.69) is 49.8 Å². The van der Waals surface area contributed by atoms with Gasteiger partial charge in [0.1, 0.15) is 6.61 Å². The Balaban J connectivity index is 2.52. The summed E-state index contributed by atoms with van der Waals surface area (Å²) in [5.74, 6) is 1.47. The molecule has 1 aromatic rings. The average Bonchev–Trinajstić information content (AvgIpc) is 2.33. The van der Waals surface area contributed by atoms with Gasteiger partial charge in [0.05, 0.1) is 13.7 Å². The molecule has 0 N–H and O–H groups in total. The lowest BCUT2D eigenvalue weighted by Gasteiger charge is -2.36. The highest BCUT2D eigenvalue weighted by Crippen LogP contribution is 2.36. The summed E-state index contributed by atoms with van der Waals surface area (Å²) < 4.78 is 18.1. The summed E-state index contributed by atoms with van der Waals surface area (Å²) in [4.78, 5) is 0. The molecule has 1 aromatic carbocycles. The van der Waals surface area contributed by atoms with E-state index in [9.17, 15) is 0 Å². The molecule has 0 unspecified atom stereocenters. The van der Waals surface area contributed by atoms with E-state index in [4.69, 9.17) is 13.9 Å². The Morgan fingerprint density at radius 2 is 1.75 bits per heavy atom. The molecule has 1 rings (SSSR count). The highest BCUT2D eigenvalue weighted by atomic mass is 79.9. The molecule has 0 radical (unpaired) electrons. The van der Waals surface area contributed by atoms with Crippen LogP contribution in [-0.2, 0) is 4.43 Å². The van der Waals surface area contributed by atoms with Crippen LogP contribution in [0.1, 0.15) is 20.8 Å². The molecule has 3 nitrogen and oxygen atoms in total. The van der Waals surface area contributed by atoms with E-state index in [1.54, 1.807) is 7.11 Å². The van der Waals surface area contributed by atoms with E-state index in [-0.39, 0.29) is 5.04 Å². The molecule has 0 aliphatic heterocycles. The molecule has 0 aliphatic rings. The van der Waals surface area contributed by atoms with Gasteiger partial charge in [-0.3, -0.25) is 0 Å². The third-order valence-corrected chi connectivity index (χ3v) is 8.77. The van der Waals surface area contributed by atoms with Crippen molar-refractivity contribution >= 4 is 24.2 Å². The highest BCUT2D eigenvalue weighted by Gasteiger charge is 2.36. The Labute approximate surface area is 131 Å². The molecule has 0 saturated heterocycles. The molecule has 0 amide bonds. The van der Waals surface area contributed by atoms with Gasteiger partial charge in [0, 0.05) is 4.47 Å². The van der Waals surface area contributed by atoms with E-state index < -0.39 is 8.32 Å². The molecule has 114 valence electrons. The second-order valence-corrected chi connectivity index (χ2v) is 12.0. The van der Waals surface area contributed by atoms with Gasteiger partial charge in [0.15, 0.2) is 19.8 Å². The number of methoxy groups -OCH3 is 1. The van der Waals surface area contributed by atoms with Crippen molar-refractivity contribution in [1.29, 1.82) is 0 Å². The largest absolute Gasteiger partial charge is 0.493 e. The van der Waals surface area contributed by atoms with E-state index in [1.807, 2.05) is 18.2 Å². The Morgan fingerprint density at radius 1 is 1.10 bits per heavy atom. The minimum Gasteiger partial charge on any atom is -0.493 e. The zero-order chi connectivity index (χ0) is 15.4. The maximum absolute atomic E-state index is 6.08. The minimum atomic E-state index is -1.70. The Hall–Kier alpha value is -0.523. The van der Waals surface area contributed by atoms with Crippen molar-refractivity contribution in [3.05, 3.63) is 22.7 Å². The van der Waals surface area contributed by atoms with Crippen molar-refractivity contribution in [2.75, 3.05) is 20.3 Å². The van der Waals surface area contributed by atoms with Crippen LogP contribution >= 0.6 is 15.9 Å². The molecule has 20 heavy (non-hydrogen) atoms. The smallest absolute Gasteiger partial charge is 0.192 e. The van der Waals surface area contributed by atoms with Gasteiger partial charge in [-0.1, -0.05) is 36.7 Å². The lowest BCUT2D eigenvalue weighted by atomic mass is 10.2. The minimum absolute atomic E-state index is 0.223. The Kier molecular flexibility index (Phi) is 6.10. The molecule has 0 aliphatic carbocycles. The average molecular weight is 361 g/mol. The summed E-state index contributed by atoms with van der Waals surface area (Å²) in [7, 11) is -0.0553. The maximum Gasteiger partial charge on any atom is 0.192 e. The van der Waals surface area contributed by atoms with Crippen LogP contribution in [0.15, 0.2) is 22.7 Å². The summed E-state index contributed by atoms with van der Waals surface area (Å²) in [6, 6.07) is 5.72. The van der Waals surface area contributed by atoms with Gasteiger partial charge in [0.2, 0.25) is 0 Å². The third kappa shape index (κ3) is 4.79. The van der Waals surface area contributed by atoms with Gasteiger partial charge in [-0.2, -0.15) is 0 Å². The van der Waals surface area contributed by atoms with E-state index in [0.717, 1.165) is 16.0 Å². The normalized spacial score (nSPS) is 12.3. The SMILES string of the molecule is COc1ccc(Br)cc1OCCO[Si](C)(C)C(C)(C)C. The molecule has 0 spiro atoms. The Bertz CT molecular complexity index is 441. The lowest BCUT2D eigenvalue weighted by molar-refractivity contribution is 0.198. The Morgan fingerprint density at radius 3 is 2.30 bits per heavy atom. The standard InChI is InChI=1S/C15H25BrO3Si/c1-15(2,3)20(5,6)19-10-9-18-14-11-12(16)7-8-13(14)17-4/h7-8,11H,9-10H2,1-6H3. The van der Waals surface area contributed by atoms with Gasteiger partial charge >= 0.3 is 0 Å². The number of rotatable bonds is 6. The van der Waals surface area contributed by atoms with Crippen LogP contribution in [0.5, 0.6) is 11.5 Å². The molecule has 0 aromatic heterocycles. The molecule has 0 fully saturated rings. The number of halogens is 1. The van der Waals surface area contributed by atoms with E-state index >= 15 is 0 Å². The molecular formula is C15H25BrO3Si. The molecule has 0 heterocycles. The zero-order valence-electron chi connectivity index (χ0n) is 13.2. The summed E-state index contributed by atoms with van der Waals surface area (Å²) >= 11 is 3.43. The van der Waals surface area contributed by atoms with E-state index in [1.165, 1.54) is 0 Å². The topological polar surface area (TPSA) is 27.7 Å². The van der Waals surface area contributed by atoms with Gasteiger partial charge in [-0.15, -0.1) is 0 Å². The second kappa shape index (κ2) is 6.96. The van der Waals surface area contributed by atoms with Gasteiger partial charge in [0.25, 0.3) is 0 Å². The van der Waals surface area contributed by atoms with Crippen LogP contribution in [0.4, 0.5) is 0 Å². The maximum atomic E-state index is 6.08. The van der Waals surface area contributed by atoms with Crippen LogP contribution < -0.4 is 9.47 Å². The first-order valence-corrected chi connectivity index (χ1v) is 10.5. The molecule has 0 bridgehead atoms. The van der Waals surface area contributed by atoms with Crippen molar-refractivity contribution in [2.45, 2.75) is 38.9 Å². The first-order chi connectivity index (χ1) is 9.17. The van der Waals surface area contributed by atoms with Crippen molar-refractivity contribution < 1.29 is 13.9 Å². The monoisotopic (exact) mass is 360 g/mol. The summed E-state index contributed by atoms with van der Waals surface area (Å²) in [6.45, 7) is 12.3. The van der Waals surface area contributed by atoms with Crippen LogP contribution in [0.25, 0.3) is 0 Å². The van der Waals surface area contributed by atoms with Crippen molar-refractivity contribution in [2.24, 2.45) is 0 Å². The first kappa shape index (κ1) is 17.5. The van der Waals surface area contributed by atoms with Crippen LogP contribution in [0.2, 0.25) is 18.1 Å². The van der Waals surface area contributed by atoms with Crippen molar-refractivity contribution in [3.8, 4) is 11.5 Å². The summed E-state index contributed by atoms with van der Waals surface area (Å²) in [6.07, 6.45) is 0. The van der Waals surface area contributed by atoms with Crippen LogP contribution in [0, 0.1) is 0 Å². The van der Waals surface area contributed by atoms with Crippen molar-refractivity contribution in [3.63, 3.8) is 0 Å². The zero-order valence-corrected chi connectivity index (χ0v) is 15.8. The first-order valence-electron chi connectivity index (χ1n) is 6.77. The van der Waals surface area contributed by atoms with Crippen molar-refractivity contribution in [1.82, 2.24) is 0 Å². The molecular weight excluding hydrogens is 336 g/mol. The number of benzene rings is 1. The predicted molar refractivity (Wildman–Crippen MR) is 89.3 cm³/mol. The quantitative estimate of drug-likeness (QED) is 0.535. The number of hydrogen-bond donors (Lipinski definition) is 0. The summed E-state index contributed by atoms with van der Waals surface area (Å²) in [5, 5.41) is 0.223. The van der Waals surface area contributed by atoms with Crippen LogP contribution in [-0.4, -0.2) is 28.6 Å². The second-order valence-electron chi connectivity index (χ2n) is 6.25. The summed E-state index contributed by atoms with van der Waals surface area (Å²) in [5.41, 5.74) is 0. The van der Waals surface area contributed by atoms with Gasteiger partial charge in [-0.05, 0) is 36.3 Å². The van der Waals surface area contributed by atoms with Crippen LogP contribution in [0.3, 0.4) is 0 Å². The van der Waals surface area contributed by atoms with Gasteiger partial charge in [-0.25, -0.2) is 0 Å². The molecule has 0 atom stereocenters. The fourth-order valence-corrected chi connectivity index (χ4v) is 2.80. The third-order valence-electron chi connectivity index (χ3n) is 3.74. The van der Waals surface area contributed by atoms with E-state index in [0.29, 0.717) is 13.2 Å². The lowest BCUT2D eigenvalue weighted by Crippen LogP contribution is -2.41. The predicted octanol–water partition coefficient (Wildman–Crippen LogP) is 4.86. The fourth-order valence-electron chi connectivity index (χ4n) is 1.43. The number of hydrogen-bond acceptors (Lipinski definition) is 3.